The van der Waals surface area contributed by atoms with E-state index in [1.54, 1.807) is 0 Å². The summed E-state index contributed by atoms with van der Waals surface area (Å²) >= 11 is 0. The van der Waals surface area contributed by atoms with E-state index >= 15 is 0 Å². The van der Waals surface area contributed by atoms with E-state index in [9.17, 15) is 0 Å². The summed E-state index contributed by atoms with van der Waals surface area (Å²) in [6.07, 6.45) is 0. The van der Waals surface area contributed by atoms with Gasteiger partial charge in [-0.25, -0.2) is 0 Å². The van der Waals surface area contributed by atoms with Gasteiger partial charge in [-0.15, -0.1) is 0 Å². The van der Waals surface area contributed by atoms with Crippen molar-refractivity contribution >= 4 is 35.0 Å². The molecule has 0 aromatic rings. The van der Waals surface area contributed by atoms with Crippen molar-refractivity contribution in [3.63, 3.8) is 0 Å². The zero-order valence-electron chi connectivity index (χ0n) is 3.95. The minimum Gasteiger partial charge on any atom is -0.0715 e. The largest absolute Gasteiger partial charge is 0.0715 e. The van der Waals surface area contributed by atoms with Gasteiger partial charge in [0, 0.05) is 35.0 Å². The Kier molecular flexibility index (Phi) is 9.63. The topological polar surface area (TPSA) is 0 Å². The van der Waals surface area contributed by atoms with Crippen molar-refractivity contribution in [2.24, 2.45) is 0 Å². The van der Waals surface area contributed by atoms with Gasteiger partial charge < -0.3 is 0 Å². The van der Waals surface area contributed by atoms with Crippen molar-refractivity contribution in [3.05, 3.63) is 0 Å². The Labute approximate surface area is 54.7 Å². The summed E-state index contributed by atoms with van der Waals surface area (Å²) in [5.74, 6) is 0. The van der Waals surface area contributed by atoms with E-state index < -0.39 is 0 Å². The van der Waals surface area contributed by atoms with Crippen molar-refractivity contribution in [2.45, 2.75) is 19.6 Å². The predicted molar refractivity (Wildman–Crippen MR) is 29.1 cm³/mol. The van der Waals surface area contributed by atoms with Gasteiger partial charge in [0.2, 0.25) is 0 Å². The molecule has 0 aliphatic rings. The van der Waals surface area contributed by atoms with Crippen molar-refractivity contribution in [1.29, 1.82) is 0 Å². The Morgan fingerprint density at radius 2 is 1.00 bits per heavy atom. The Morgan fingerprint density at radius 3 is 1.00 bits per heavy atom. The second-order valence-corrected chi connectivity index (χ2v) is 4.50. The van der Waals surface area contributed by atoms with E-state index in [2.05, 4.69) is 19.6 Å². The molecule has 2 heteroatoms. The van der Waals surface area contributed by atoms with Gasteiger partial charge in [0.05, 0.1) is 0 Å². The molecular formula is C3H9BiSi. The molecule has 0 N–H and O–H groups in total. The molecule has 0 nitrogen and oxygen atoms in total. The third-order valence-electron chi connectivity index (χ3n) is 0. The smallest absolute Gasteiger partial charge is 0.0379 e. The van der Waals surface area contributed by atoms with Crippen molar-refractivity contribution in [3.8, 4) is 0 Å². The molecule has 0 atom stereocenters. The summed E-state index contributed by atoms with van der Waals surface area (Å²) in [7, 11) is 0.120. The van der Waals surface area contributed by atoms with Gasteiger partial charge in [0.25, 0.3) is 0 Å². The Morgan fingerprint density at radius 1 is 1.00 bits per heavy atom. The van der Waals surface area contributed by atoms with Crippen molar-refractivity contribution in [2.75, 3.05) is 0 Å². The van der Waals surface area contributed by atoms with Crippen LogP contribution in [0.4, 0.5) is 0 Å². The first-order valence-electron chi connectivity index (χ1n) is 1.50. The Hall–Kier alpha value is 1.10. The standard InChI is InChI=1S/C3H9Si.Bi/c1-4(2)3;/h1-3H3;. The van der Waals surface area contributed by atoms with Gasteiger partial charge in [-0.05, 0) is 0 Å². The average molecular weight is 282 g/mol. The zero-order chi connectivity index (χ0) is 3.58. The van der Waals surface area contributed by atoms with Gasteiger partial charge in [0.1, 0.15) is 0 Å². The molecule has 0 saturated heterocycles. The van der Waals surface area contributed by atoms with Crippen LogP contribution in [0.3, 0.4) is 0 Å². The second-order valence-electron chi connectivity index (χ2n) is 1.50. The number of hydrogen-bond donors (Lipinski definition) is 0. The molecular weight excluding hydrogens is 273 g/mol. The van der Waals surface area contributed by atoms with Crippen LogP contribution in [-0.4, -0.2) is 35.0 Å². The summed E-state index contributed by atoms with van der Waals surface area (Å²) in [4.78, 5) is 0. The molecule has 0 fully saturated rings. The van der Waals surface area contributed by atoms with E-state index in [1.807, 2.05) is 0 Å². The molecule has 0 heterocycles. The molecule has 0 aromatic carbocycles. The van der Waals surface area contributed by atoms with E-state index in [1.165, 1.54) is 0 Å². The maximum Gasteiger partial charge on any atom is 0.0379 e. The van der Waals surface area contributed by atoms with Crippen molar-refractivity contribution in [1.82, 2.24) is 0 Å². The third kappa shape index (κ3) is 40.5. The Balaban J connectivity index is 0. The van der Waals surface area contributed by atoms with Gasteiger partial charge >= 0.3 is 0 Å². The molecule has 0 aliphatic heterocycles. The fraction of sp³-hybridized carbons (Fsp3) is 1.00. The van der Waals surface area contributed by atoms with Crippen LogP contribution in [0.1, 0.15) is 0 Å². The van der Waals surface area contributed by atoms with Gasteiger partial charge in [0.15, 0.2) is 0 Å². The minimum atomic E-state index is 0. The summed E-state index contributed by atoms with van der Waals surface area (Å²) in [5, 5.41) is 0. The van der Waals surface area contributed by atoms with Crippen LogP contribution in [0.5, 0.6) is 0 Å². The maximum absolute atomic E-state index is 2.27. The normalized spacial score (nSPS) is 7.20. The van der Waals surface area contributed by atoms with Crippen molar-refractivity contribution < 1.29 is 0 Å². The number of hydrogen-bond acceptors (Lipinski definition) is 0. The molecule has 0 aromatic heterocycles. The van der Waals surface area contributed by atoms with Crippen LogP contribution < -0.4 is 0 Å². The monoisotopic (exact) mass is 282 g/mol. The first-order valence-corrected chi connectivity index (χ1v) is 4.50. The van der Waals surface area contributed by atoms with Crippen LogP contribution >= 0.6 is 0 Å². The quantitative estimate of drug-likeness (QED) is 0.581. The van der Waals surface area contributed by atoms with E-state index in [0.29, 0.717) is 0 Å². The molecule has 0 amide bonds. The molecule has 5 heavy (non-hydrogen) atoms. The molecule has 30 valence electrons. The SMILES string of the molecule is C[Si](C)C.[Bi]. The second kappa shape index (κ2) is 5.10. The number of rotatable bonds is 0. The zero-order valence-corrected chi connectivity index (χ0v) is 8.42. The van der Waals surface area contributed by atoms with Gasteiger partial charge in [-0.3, -0.25) is 0 Å². The van der Waals surface area contributed by atoms with Gasteiger partial charge in [-0.1, -0.05) is 19.6 Å². The maximum atomic E-state index is 2.27. The molecule has 0 spiro atoms. The summed E-state index contributed by atoms with van der Waals surface area (Å²) in [5.41, 5.74) is 0. The first kappa shape index (κ1) is 9.44. The Bertz CT molecular complexity index is 11.6. The fourth-order valence-corrected chi connectivity index (χ4v) is 0. The van der Waals surface area contributed by atoms with Crippen LogP contribution in [-0.2, 0) is 0 Å². The fourth-order valence-electron chi connectivity index (χ4n) is 0. The van der Waals surface area contributed by atoms with Crippen LogP contribution in [0, 0.1) is 0 Å². The van der Waals surface area contributed by atoms with Crippen LogP contribution in [0.25, 0.3) is 0 Å². The summed E-state index contributed by atoms with van der Waals surface area (Å²) in [6, 6.07) is 0. The average Bonchev–Trinajstić information content (AvgIpc) is 0.811. The van der Waals surface area contributed by atoms with E-state index in [-0.39, 0.29) is 35.0 Å². The van der Waals surface area contributed by atoms with Crippen LogP contribution in [0.2, 0.25) is 19.6 Å². The van der Waals surface area contributed by atoms with Gasteiger partial charge in [-0.2, -0.15) is 0 Å². The molecule has 0 aliphatic carbocycles. The molecule has 0 saturated carbocycles. The molecule has 0 unspecified atom stereocenters. The summed E-state index contributed by atoms with van der Waals surface area (Å²) < 4.78 is 0. The predicted octanol–water partition coefficient (Wildman–Crippen LogP) is 0.990. The summed E-state index contributed by atoms with van der Waals surface area (Å²) in [6.45, 7) is 6.81. The molecule has 0 bridgehead atoms. The third-order valence-corrected chi connectivity index (χ3v) is 0. The molecule has 4 radical (unpaired) electrons. The van der Waals surface area contributed by atoms with E-state index in [4.69, 9.17) is 0 Å². The van der Waals surface area contributed by atoms with E-state index in [0.717, 1.165) is 0 Å². The van der Waals surface area contributed by atoms with Crippen LogP contribution in [0.15, 0.2) is 0 Å². The minimum absolute atomic E-state index is 0. The first-order chi connectivity index (χ1) is 1.73. The molecule has 0 rings (SSSR count).